The van der Waals surface area contributed by atoms with Crippen LogP contribution in [0.4, 0.5) is 0 Å². The average molecular weight is 1200 g/mol. The van der Waals surface area contributed by atoms with Crippen LogP contribution in [0.3, 0.4) is 0 Å². The highest BCUT2D eigenvalue weighted by molar-refractivity contribution is 5.70. The quantitative estimate of drug-likeness (QED) is 0.0195. The molecule has 0 aromatic heterocycles. The number of likely N-dealkylation sites (N-methyl/N-ethyl adjacent to an activating group) is 1. The topological polar surface area (TPSA) is 111 Å². The Hall–Kier alpha value is -2.49. The Labute approximate surface area is 528 Å². The molecule has 2 unspecified atom stereocenters. The third kappa shape index (κ3) is 68.9. The molecular formula is C76H143NO8. The molecule has 0 amide bonds. The molecule has 500 valence electrons. The number of esters is 2. The van der Waals surface area contributed by atoms with Crippen molar-refractivity contribution < 1.29 is 42.9 Å². The first-order valence-corrected chi connectivity index (χ1v) is 37.1. The number of hydrogen-bond donors (Lipinski definition) is 0. The van der Waals surface area contributed by atoms with E-state index in [0.29, 0.717) is 17.4 Å². The summed E-state index contributed by atoms with van der Waals surface area (Å²) in [7, 11) is 5.95. The van der Waals surface area contributed by atoms with E-state index in [9.17, 15) is 19.5 Å². The number of ether oxygens (including phenoxy) is 4. The third-order valence-electron chi connectivity index (χ3n) is 16.9. The molecule has 0 spiro atoms. The van der Waals surface area contributed by atoms with Crippen LogP contribution in [-0.4, -0.2) is 82.3 Å². The maximum absolute atomic E-state index is 12.9. The van der Waals surface area contributed by atoms with Crippen molar-refractivity contribution >= 4 is 17.9 Å². The summed E-state index contributed by atoms with van der Waals surface area (Å²) in [6.45, 7) is 4.81. The number of carboxylic acid groups (broad SMARTS) is 1. The fourth-order valence-corrected chi connectivity index (χ4v) is 11.2. The van der Waals surface area contributed by atoms with Crippen LogP contribution in [0.5, 0.6) is 0 Å². The Morgan fingerprint density at radius 3 is 0.941 bits per heavy atom. The first-order chi connectivity index (χ1) is 41.6. The van der Waals surface area contributed by atoms with Crippen molar-refractivity contribution in [2.75, 3.05) is 47.5 Å². The molecule has 0 aromatic carbocycles. The minimum Gasteiger partial charge on any atom is -0.545 e. The van der Waals surface area contributed by atoms with Gasteiger partial charge in [-0.1, -0.05) is 326 Å². The Balaban J connectivity index is 4.01. The van der Waals surface area contributed by atoms with E-state index in [0.717, 1.165) is 44.9 Å². The fraction of sp³-hybridized carbons (Fsp3) is 0.882. The van der Waals surface area contributed by atoms with Gasteiger partial charge in [0.25, 0.3) is 0 Å². The van der Waals surface area contributed by atoms with E-state index in [-0.39, 0.29) is 32.2 Å². The summed E-state index contributed by atoms with van der Waals surface area (Å²) in [6, 6.07) is 0. The number of allylic oxidation sites excluding steroid dienone is 6. The molecule has 0 N–H and O–H groups in total. The molecule has 0 aliphatic heterocycles. The normalized spacial score (nSPS) is 12.8. The van der Waals surface area contributed by atoms with Crippen LogP contribution >= 0.6 is 0 Å². The minimum atomic E-state index is -1.62. The molecule has 0 aliphatic carbocycles. The highest BCUT2D eigenvalue weighted by Gasteiger charge is 2.22. The predicted octanol–water partition coefficient (Wildman–Crippen LogP) is 21.8. The molecule has 0 bridgehead atoms. The van der Waals surface area contributed by atoms with Crippen molar-refractivity contribution in [2.24, 2.45) is 0 Å². The first-order valence-electron chi connectivity index (χ1n) is 37.1. The van der Waals surface area contributed by atoms with Crippen LogP contribution in [0.25, 0.3) is 0 Å². The van der Waals surface area contributed by atoms with E-state index in [1.165, 1.54) is 302 Å². The van der Waals surface area contributed by atoms with Crippen molar-refractivity contribution in [3.8, 4) is 0 Å². The van der Waals surface area contributed by atoms with Gasteiger partial charge in [0.1, 0.15) is 13.2 Å². The molecule has 0 saturated heterocycles. The highest BCUT2D eigenvalue weighted by atomic mass is 16.7. The van der Waals surface area contributed by atoms with Crippen LogP contribution in [0.2, 0.25) is 0 Å². The molecule has 0 fully saturated rings. The summed E-state index contributed by atoms with van der Waals surface area (Å²) in [5.41, 5.74) is 0. The number of carbonyl (C=O) groups is 3. The number of hydrogen-bond acceptors (Lipinski definition) is 8. The van der Waals surface area contributed by atoms with Crippen LogP contribution in [-0.2, 0) is 33.3 Å². The predicted molar refractivity (Wildman–Crippen MR) is 362 cm³/mol. The lowest BCUT2D eigenvalue weighted by Crippen LogP contribution is -2.44. The number of nitrogens with zero attached hydrogens (tertiary/aromatic N) is 1. The molecule has 0 aromatic rings. The van der Waals surface area contributed by atoms with Gasteiger partial charge in [-0.15, -0.1) is 0 Å². The smallest absolute Gasteiger partial charge is 0.306 e. The van der Waals surface area contributed by atoms with Crippen molar-refractivity contribution in [1.29, 1.82) is 0 Å². The van der Waals surface area contributed by atoms with Crippen LogP contribution < -0.4 is 5.11 Å². The summed E-state index contributed by atoms with van der Waals surface area (Å²) in [6.07, 6.45) is 82.5. The van der Waals surface area contributed by atoms with Gasteiger partial charge < -0.3 is 33.3 Å². The van der Waals surface area contributed by atoms with Gasteiger partial charge >= 0.3 is 11.9 Å². The van der Waals surface area contributed by atoms with Crippen molar-refractivity contribution in [2.45, 2.75) is 386 Å². The Kier molecular flexibility index (Phi) is 65.5. The van der Waals surface area contributed by atoms with Gasteiger partial charge in [-0.3, -0.25) is 9.59 Å². The second kappa shape index (κ2) is 67.4. The van der Waals surface area contributed by atoms with Gasteiger partial charge in [-0.2, -0.15) is 0 Å². The fourth-order valence-electron chi connectivity index (χ4n) is 11.2. The molecule has 0 aliphatic rings. The lowest BCUT2D eigenvalue weighted by Gasteiger charge is -2.26. The van der Waals surface area contributed by atoms with E-state index in [1.807, 2.05) is 21.1 Å². The summed E-state index contributed by atoms with van der Waals surface area (Å²) in [5, 5.41) is 11.8. The SMILES string of the molecule is CCCCCCC/C=C\C/C=C\CCCCCCCCCCCCCCCCCCCCCCCCCC(=O)OC(COC(=O)CCCCCCCCCCCCCCC/C=C\CCCCCCCCCC)COC(OCC[N+](C)(C)C)C(=O)[O-]. The molecule has 0 saturated carbocycles. The lowest BCUT2D eigenvalue weighted by atomic mass is 10.0. The Bertz CT molecular complexity index is 1490. The molecule has 0 radical (unpaired) electrons. The number of rotatable bonds is 70. The van der Waals surface area contributed by atoms with E-state index < -0.39 is 24.3 Å². The molecule has 9 nitrogen and oxygen atoms in total. The molecular weight excluding hydrogens is 1050 g/mol. The van der Waals surface area contributed by atoms with E-state index in [4.69, 9.17) is 18.9 Å². The molecule has 0 rings (SSSR count). The van der Waals surface area contributed by atoms with Crippen molar-refractivity contribution in [3.63, 3.8) is 0 Å². The van der Waals surface area contributed by atoms with E-state index in [1.54, 1.807) is 0 Å². The van der Waals surface area contributed by atoms with Crippen LogP contribution in [0.1, 0.15) is 373 Å². The minimum absolute atomic E-state index is 0.151. The van der Waals surface area contributed by atoms with Crippen molar-refractivity contribution in [3.05, 3.63) is 36.5 Å². The summed E-state index contributed by atoms with van der Waals surface area (Å²) in [5.74, 6) is -2.25. The van der Waals surface area contributed by atoms with Gasteiger partial charge in [-0.05, 0) is 70.6 Å². The van der Waals surface area contributed by atoms with Crippen LogP contribution in [0, 0.1) is 0 Å². The standard InChI is InChI=1S/C76H143NO8/c1-6-8-10-12-14-16-18-20-22-24-26-28-30-32-33-34-35-36-37-38-39-40-41-43-45-47-49-51-53-55-57-59-61-63-65-67-74(79)85-72(71-84-76(75(80)81)82-69-68-77(3,4)5)70-83-73(78)66-64-62-60-58-56-54-52-50-48-46-44-42-31-29-27-25-23-21-19-17-15-13-11-9-7-2/h18,20,24-27,72,76H,6-17,19,21-23,28-71H2,1-5H3/b20-18-,26-24-,27-25-. The maximum Gasteiger partial charge on any atom is 0.306 e. The lowest BCUT2D eigenvalue weighted by molar-refractivity contribution is -0.870. The highest BCUT2D eigenvalue weighted by Crippen LogP contribution is 2.19. The molecule has 9 heteroatoms. The zero-order valence-corrected chi connectivity index (χ0v) is 57.3. The van der Waals surface area contributed by atoms with Gasteiger partial charge in [0.15, 0.2) is 12.4 Å². The molecule has 85 heavy (non-hydrogen) atoms. The van der Waals surface area contributed by atoms with Crippen LogP contribution in [0.15, 0.2) is 36.5 Å². The zero-order chi connectivity index (χ0) is 61.9. The Morgan fingerprint density at radius 1 is 0.353 bits per heavy atom. The van der Waals surface area contributed by atoms with E-state index in [2.05, 4.69) is 50.3 Å². The monoisotopic (exact) mass is 1200 g/mol. The molecule has 2 atom stereocenters. The molecule has 0 heterocycles. The summed E-state index contributed by atoms with van der Waals surface area (Å²) in [4.78, 5) is 37.5. The summed E-state index contributed by atoms with van der Waals surface area (Å²) < 4.78 is 22.8. The number of carbonyl (C=O) groups excluding carboxylic acids is 3. The van der Waals surface area contributed by atoms with Gasteiger partial charge in [-0.25, -0.2) is 0 Å². The van der Waals surface area contributed by atoms with Gasteiger partial charge in [0.2, 0.25) is 0 Å². The largest absolute Gasteiger partial charge is 0.545 e. The average Bonchev–Trinajstić information content (AvgIpc) is 3.48. The zero-order valence-electron chi connectivity index (χ0n) is 57.3. The number of aliphatic carboxylic acids is 1. The summed E-state index contributed by atoms with van der Waals surface area (Å²) >= 11 is 0. The number of unbranched alkanes of at least 4 members (excludes halogenated alkanes) is 49. The third-order valence-corrected chi connectivity index (χ3v) is 16.9. The van der Waals surface area contributed by atoms with Gasteiger partial charge in [0.05, 0.1) is 40.3 Å². The van der Waals surface area contributed by atoms with Gasteiger partial charge in [0, 0.05) is 12.8 Å². The number of carboxylic acids is 1. The second-order valence-corrected chi connectivity index (χ2v) is 26.6. The van der Waals surface area contributed by atoms with Crippen molar-refractivity contribution in [1.82, 2.24) is 0 Å². The number of quaternary nitrogens is 1. The van der Waals surface area contributed by atoms with E-state index >= 15 is 0 Å². The Morgan fingerprint density at radius 2 is 0.635 bits per heavy atom. The maximum atomic E-state index is 12.9. The second-order valence-electron chi connectivity index (χ2n) is 26.6. The first kappa shape index (κ1) is 82.5.